The van der Waals surface area contributed by atoms with Gasteiger partial charge >= 0.3 is 5.97 Å². The molecule has 1 N–H and O–H groups in total. The largest absolute Gasteiger partial charge is 0.480 e. The Morgan fingerprint density at radius 1 is 1.60 bits per heavy atom. The van der Waals surface area contributed by atoms with E-state index in [4.69, 9.17) is 11.3 Å². The Hall–Kier alpha value is -1.54. The zero-order valence-corrected chi connectivity index (χ0v) is 12.3. The monoisotopic (exact) mass is 281 g/mol. The van der Waals surface area contributed by atoms with Crippen LogP contribution in [0.3, 0.4) is 0 Å². The quantitative estimate of drug-likeness (QED) is 0.320. The first-order valence-electron chi connectivity index (χ1n) is 6.88. The van der Waals surface area contributed by atoms with Crippen LogP contribution in [0.1, 0.15) is 46.5 Å². The number of nitrogens with zero attached hydrogens (tertiary/aromatic N) is 1. The van der Waals surface area contributed by atoms with E-state index in [9.17, 15) is 14.7 Å². The highest BCUT2D eigenvalue weighted by Gasteiger charge is 2.44. The Morgan fingerprint density at radius 2 is 2.25 bits per heavy atom. The number of hydroxylamine groups is 2. The van der Waals surface area contributed by atoms with Crippen LogP contribution in [0, 0.1) is 23.7 Å². The summed E-state index contributed by atoms with van der Waals surface area (Å²) in [6.45, 7) is 5.30. The standard InChI is InChI=1S/C15H23NO4/c1-5-6-7-8-11-9-12(11)20-16(10-17)13(14(18)19)15(2,3)4/h1,10-13H,6-9H2,2-4H3,(H,18,19)/t11-,12-,13-/m1/s1. The number of hydrogen-bond acceptors (Lipinski definition) is 3. The third-order valence-corrected chi connectivity index (χ3v) is 3.42. The number of unbranched alkanes of at least 4 members (excludes halogenated alkanes) is 1. The molecule has 5 heteroatoms. The molecular formula is C15H23NO4. The lowest BCUT2D eigenvalue weighted by Crippen LogP contribution is -2.49. The molecule has 0 bridgehead atoms. The maximum atomic E-state index is 11.3. The molecule has 20 heavy (non-hydrogen) atoms. The second kappa shape index (κ2) is 6.76. The first kappa shape index (κ1) is 16.5. The van der Waals surface area contributed by atoms with Gasteiger partial charge in [0.15, 0.2) is 6.04 Å². The van der Waals surface area contributed by atoms with Gasteiger partial charge in [-0.3, -0.25) is 9.63 Å². The van der Waals surface area contributed by atoms with Crippen LogP contribution in [0.2, 0.25) is 0 Å². The fourth-order valence-corrected chi connectivity index (χ4v) is 2.28. The van der Waals surface area contributed by atoms with Gasteiger partial charge < -0.3 is 5.11 Å². The number of carboxylic acid groups (broad SMARTS) is 1. The molecule has 0 aromatic heterocycles. The minimum absolute atomic E-state index is 0.0674. The lowest BCUT2D eigenvalue weighted by molar-refractivity contribution is -0.213. The first-order chi connectivity index (χ1) is 9.31. The van der Waals surface area contributed by atoms with E-state index in [1.54, 1.807) is 20.8 Å². The minimum Gasteiger partial charge on any atom is -0.480 e. The maximum Gasteiger partial charge on any atom is 0.329 e. The molecule has 0 radical (unpaired) electrons. The molecule has 1 rings (SSSR count). The van der Waals surface area contributed by atoms with Crippen molar-refractivity contribution in [3.05, 3.63) is 0 Å². The van der Waals surface area contributed by atoms with Crippen molar-refractivity contribution in [3.8, 4) is 12.3 Å². The van der Waals surface area contributed by atoms with Crippen LogP contribution in [0.5, 0.6) is 0 Å². The summed E-state index contributed by atoms with van der Waals surface area (Å²) < 4.78 is 0. The molecule has 1 fully saturated rings. The van der Waals surface area contributed by atoms with Crippen molar-refractivity contribution in [2.24, 2.45) is 11.3 Å². The van der Waals surface area contributed by atoms with Gasteiger partial charge in [0.25, 0.3) is 0 Å². The molecule has 0 aromatic carbocycles. The predicted octanol–water partition coefficient (Wildman–Crippen LogP) is 2.07. The number of aliphatic carboxylic acids is 1. The average molecular weight is 281 g/mol. The summed E-state index contributed by atoms with van der Waals surface area (Å²) in [6.07, 6.45) is 9.06. The number of carboxylic acids is 1. The van der Waals surface area contributed by atoms with Crippen molar-refractivity contribution in [1.29, 1.82) is 0 Å². The van der Waals surface area contributed by atoms with E-state index in [1.807, 2.05) is 0 Å². The van der Waals surface area contributed by atoms with Crippen molar-refractivity contribution >= 4 is 12.4 Å². The molecule has 1 aliphatic carbocycles. The van der Waals surface area contributed by atoms with E-state index in [0.717, 1.165) is 30.7 Å². The van der Waals surface area contributed by atoms with Gasteiger partial charge in [0.1, 0.15) is 0 Å². The molecule has 112 valence electrons. The van der Waals surface area contributed by atoms with Gasteiger partial charge in [0.05, 0.1) is 6.10 Å². The van der Waals surface area contributed by atoms with Crippen LogP contribution in [0.25, 0.3) is 0 Å². The molecule has 1 amide bonds. The van der Waals surface area contributed by atoms with Gasteiger partial charge in [0, 0.05) is 6.42 Å². The molecule has 3 atom stereocenters. The molecule has 5 nitrogen and oxygen atoms in total. The number of amides is 1. The smallest absolute Gasteiger partial charge is 0.329 e. The normalized spacial score (nSPS) is 22.7. The Kier molecular flexibility index (Phi) is 5.58. The Bertz CT molecular complexity index is 394. The highest BCUT2D eigenvalue weighted by Crippen LogP contribution is 2.39. The Morgan fingerprint density at radius 3 is 2.70 bits per heavy atom. The molecule has 0 aliphatic heterocycles. The minimum atomic E-state index is -1.06. The van der Waals surface area contributed by atoms with Crippen molar-refractivity contribution in [2.75, 3.05) is 0 Å². The number of carbonyl (C=O) groups excluding carboxylic acids is 1. The lowest BCUT2D eigenvalue weighted by Gasteiger charge is -2.33. The average Bonchev–Trinajstić information content (AvgIpc) is 3.04. The van der Waals surface area contributed by atoms with Gasteiger partial charge in [-0.05, 0) is 30.6 Å². The molecule has 0 aromatic rings. The fraction of sp³-hybridized carbons (Fsp3) is 0.733. The SMILES string of the molecule is C#CCCC[C@@H]1C[C@H]1ON(C=O)[C@H](C(=O)O)C(C)(C)C. The summed E-state index contributed by atoms with van der Waals surface area (Å²) in [6, 6.07) is -0.994. The van der Waals surface area contributed by atoms with E-state index in [2.05, 4.69) is 5.92 Å². The zero-order valence-electron chi connectivity index (χ0n) is 12.3. The first-order valence-corrected chi connectivity index (χ1v) is 6.88. The molecule has 1 aliphatic rings. The van der Waals surface area contributed by atoms with Gasteiger partial charge in [0.2, 0.25) is 6.41 Å². The molecular weight excluding hydrogens is 258 g/mol. The molecule has 0 heterocycles. The second-order valence-electron chi connectivity index (χ2n) is 6.31. The highest BCUT2D eigenvalue weighted by atomic mass is 16.7. The Labute approximate surface area is 120 Å². The van der Waals surface area contributed by atoms with E-state index < -0.39 is 17.4 Å². The topological polar surface area (TPSA) is 66.8 Å². The lowest BCUT2D eigenvalue weighted by atomic mass is 9.87. The summed E-state index contributed by atoms with van der Waals surface area (Å²) in [5, 5.41) is 10.2. The van der Waals surface area contributed by atoms with Crippen molar-refractivity contribution in [2.45, 2.75) is 58.6 Å². The third-order valence-electron chi connectivity index (χ3n) is 3.42. The number of hydrogen-bond donors (Lipinski definition) is 1. The molecule has 0 saturated heterocycles. The highest BCUT2D eigenvalue weighted by molar-refractivity contribution is 5.76. The van der Waals surface area contributed by atoms with Crippen LogP contribution in [-0.4, -0.2) is 34.7 Å². The summed E-state index contributed by atoms with van der Waals surface area (Å²) in [4.78, 5) is 28.0. The van der Waals surface area contributed by atoms with E-state index >= 15 is 0 Å². The zero-order chi connectivity index (χ0) is 15.3. The molecule has 0 unspecified atom stereocenters. The van der Waals surface area contributed by atoms with Crippen LogP contribution in [0.4, 0.5) is 0 Å². The number of terminal acetylenes is 1. The predicted molar refractivity (Wildman–Crippen MR) is 74.4 cm³/mol. The summed E-state index contributed by atoms with van der Waals surface area (Å²) in [5.41, 5.74) is -0.597. The fourth-order valence-electron chi connectivity index (χ4n) is 2.28. The Balaban J connectivity index is 2.54. The van der Waals surface area contributed by atoms with E-state index in [0.29, 0.717) is 12.3 Å². The summed E-state index contributed by atoms with van der Waals surface area (Å²) >= 11 is 0. The maximum absolute atomic E-state index is 11.3. The van der Waals surface area contributed by atoms with Crippen molar-refractivity contribution in [1.82, 2.24) is 5.06 Å². The van der Waals surface area contributed by atoms with E-state index in [1.165, 1.54) is 0 Å². The van der Waals surface area contributed by atoms with Gasteiger partial charge in [-0.1, -0.05) is 20.8 Å². The van der Waals surface area contributed by atoms with E-state index in [-0.39, 0.29) is 6.10 Å². The van der Waals surface area contributed by atoms with Gasteiger partial charge in [-0.25, -0.2) is 9.86 Å². The number of carbonyl (C=O) groups is 2. The van der Waals surface area contributed by atoms with Crippen LogP contribution in [0.15, 0.2) is 0 Å². The van der Waals surface area contributed by atoms with Crippen molar-refractivity contribution in [3.63, 3.8) is 0 Å². The molecule has 0 spiro atoms. The van der Waals surface area contributed by atoms with Crippen LogP contribution < -0.4 is 0 Å². The summed E-state index contributed by atoms with van der Waals surface area (Å²) in [5.74, 6) is 1.90. The van der Waals surface area contributed by atoms with Gasteiger partial charge in [-0.2, -0.15) is 0 Å². The van der Waals surface area contributed by atoms with Crippen LogP contribution >= 0.6 is 0 Å². The third kappa shape index (κ3) is 4.53. The molecule has 1 saturated carbocycles. The van der Waals surface area contributed by atoms with Gasteiger partial charge in [-0.15, -0.1) is 12.3 Å². The second-order valence-corrected chi connectivity index (χ2v) is 6.31. The van der Waals surface area contributed by atoms with Crippen LogP contribution in [-0.2, 0) is 14.4 Å². The number of rotatable bonds is 8. The summed E-state index contributed by atoms with van der Waals surface area (Å²) in [7, 11) is 0. The van der Waals surface area contributed by atoms with Crippen molar-refractivity contribution < 1.29 is 19.5 Å².